The maximum absolute atomic E-state index is 13.3. The Hall–Kier alpha value is -3.86. The fourth-order valence-electron chi connectivity index (χ4n) is 5.11. The standard InChI is InChI=1S/C28H25N3O2/c1-18-15-21-5-3-4-6-26(21)31(18)28(32)19-7-10-23(11-8-19)30-14-13-22-16-20-9-12-24(33-2)17-25(20)29-27(22)30/h3-12,16-18H,13-15H2,1-2H3. The number of fused-ring (bicyclic) bond motifs is 3. The Morgan fingerprint density at radius 1 is 1.00 bits per heavy atom. The molecule has 2 aliphatic heterocycles. The molecule has 6 rings (SSSR count). The molecule has 5 heteroatoms. The highest BCUT2D eigenvalue weighted by Crippen LogP contribution is 2.37. The maximum atomic E-state index is 13.3. The molecule has 33 heavy (non-hydrogen) atoms. The van der Waals surface area contributed by atoms with Crippen molar-refractivity contribution in [2.75, 3.05) is 23.5 Å². The van der Waals surface area contributed by atoms with E-state index >= 15 is 0 Å². The minimum absolute atomic E-state index is 0.0528. The fraction of sp³-hybridized carbons (Fsp3) is 0.214. The van der Waals surface area contributed by atoms with Crippen molar-refractivity contribution in [2.24, 2.45) is 0 Å². The highest BCUT2D eigenvalue weighted by Gasteiger charge is 2.31. The molecule has 3 aromatic carbocycles. The second-order valence-electron chi connectivity index (χ2n) is 8.84. The number of methoxy groups -OCH3 is 1. The summed E-state index contributed by atoms with van der Waals surface area (Å²) in [4.78, 5) is 22.5. The molecule has 0 bridgehead atoms. The van der Waals surface area contributed by atoms with Crippen LogP contribution in [0.25, 0.3) is 10.9 Å². The number of anilines is 3. The number of para-hydroxylation sites is 1. The Kier molecular flexibility index (Phi) is 4.57. The average molecular weight is 436 g/mol. The van der Waals surface area contributed by atoms with E-state index in [1.54, 1.807) is 7.11 Å². The molecule has 164 valence electrons. The van der Waals surface area contributed by atoms with Gasteiger partial charge in [0.1, 0.15) is 11.6 Å². The van der Waals surface area contributed by atoms with E-state index in [0.29, 0.717) is 5.56 Å². The molecule has 4 aromatic rings. The molecular weight excluding hydrogens is 410 g/mol. The number of ether oxygens (including phenoxy) is 1. The first-order valence-corrected chi connectivity index (χ1v) is 11.4. The van der Waals surface area contributed by atoms with E-state index in [0.717, 1.165) is 53.2 Å². The number of rotatable bonds is 3. The van der Waals surface area contributed by atoms with Gasteiger partial charge in [-0.25, -0.2) is 4.98 Å². The number of nitrogens with zero attached hydrogens (tertiary/aromatic N) is 3. The van der Waals surface area contributed by atoms with E-state index < -0.39 is 0 Å². The van der Waals surface area contributed by atoms with Crippen molar-refractivity contribution in [1.29, 1.82) is 0 Å². The predicted octanol–water partition coefficient (Wildman–Crippen LogP) is 5.53. The van der Waals surface area contributed by atoms with Crippen LogP contribution in [0.1, 0.15) is 28.4 Å². The van der Waals surface area contributed by atoms with Gasteiger partial charge >= 0.3 is 0 Å². The Morgan fingerprint density at radius 2 is 1.82 bits per heavy atom. The first-order valence-electron chi connectivity index (χ1n) is 11.4. The summed E-state index contributed by atoms with van der Waals surface area (Å²) in [6, 6.07) is 24.5. The van der Waals surface area contributed by atoms with Crippen molar-refractivity contribution in [3.63, 3.8) is 0 Å². The van der Waals surface area contributed by atoms with Crippen molar-refractivity contribution < 1.29 is 9.53 Å². The Bertz CT molecular complexity index is 1380. The summed E-state index contributed by atoms with van der Waals surface area (Å²) in [5.74, 6) is 1.84. The number of benzene rings is 3. The second-order valence-corrected chi connectivity index (χ2v) is 8.84. The fourth-order valence-corrected chi connectivity index (χ4v) is 5.11. The lowest BCUT2D eigenvalue weighted by Gasteiger charge is -2.23. The van der Waals surface area contributed by atoms with Crippen LogP contribution in [0.3, 0.4) is 0 Å². The van der Waals surface area contributed by atoms with E-state index in [1.165, 1.54) is 11.1 Å². The molecule has 2 aliphatic rings. The van der Waals surface area contributed by atoms with Gasteiger partial charge in [0, 0.05) is 41.0 Å². The third-order valence-corrected chi connectivity index (χ3v) is 6.79. The van der Waals surface area contributed by atoms with Gasteiger partial charge in [0.2, 0.25) is 0 Å². The number of pyridine rings is 1. The van der Waals surface area contributed by atoms with Gasteiger partial charge in [-0.1, -0.05) is 18.2 Å². The van der Waals surface area contributed by atoms with Gasteiger partial charge in [0.25, 0.3) is 5.91 Å². The summed E-state index contributed by atoms with van der Waals surface area (Å²) in [5, 5.41) is 1.12. The van der Waals surface area contributed by atoms with Crippen LogP contribution in [0.15, 0.2) is 72.8 Å². The van der Waals surface area contributed by atoms with Crippen LogP contribution in [0.4, 0.5) is 17.2 Å². The molecule has 1 aromatic heterocycles. The normalized spacial score (nSPS) is 16.7. The number of carbonyl (C=O) groups excluding carboxylic acids is 1. The van der Waals surface area contributed by atoms with Gasteiger partial charge in [0.15, 0.2) is 0 Å². The summed E-state index contributed by atoms with van der Waals surface area (Å²) in [6.07, 6.45) is 1.85. The molecule has 0 saturated heterocycles. The topological polar surface area (TPSA) is 45.7 Å². The minimum atomic E-state index is 0.0528. The van der Waals surface area contributed by atoms with E-state index in [1.807, 2.05) is 59.5 Å². The zero-order chi connectivity index (χ0) is 22.5. The molecule has 0 N–H and O–H groups in total. The quantitative estimate of drug-likeness (QED) is 0.425. The summed E-state index contributed by atoms with van der Waals surface area (Å²) in [7, 11) is 1.67. The molecule has 1 atom stereocenters. The van der Waals surface area contributed by atoms with Crippen LogP contribution in [-0.4, -0.2) is 30.6 Å². The smallest absolute Gasteiger partial charge is 0.258 e. The van der Waals surface area contributed by atoms with E-state index in [2.05, 4.69) is 30.0 Å². The zero-order valence-electron chi connectivity index (χ0n) is 18.8. The number of aromatic nitrogens is 1. The first kappa shape index (κ1) is 19.8. The van der Waals surface area contributed by atoms with Gasteiger partial charge in [-0.15, -0.1) is 0 Å². The molecule has 0 radical (unpaired) electrons. The van der Waals surface area contributed by atoms with Gasteiger partial charge in [-0.2, -0.15) is 0 Å². The monoisotopic (exact) mass is 435 g/mol. The number of carbonyl (C=O) groups is 1. The molecule has 1 amide bonds. The molecular formula is C28H25N3O2. The van der Waals surface area contributed by atoms with Gasteiger partial charge < -0.3 is 14.5 Å². The zero-order valence-corrected chi connectivity index (χ0v) is 18.8. The highest BCUT2D eigenvalue weighted by atomic mass is 16.5. The largest absolute Gasteiger partial charge is 0.497 e. The minimum Gasteiger partial charge on any atom is -0.497 e. The van der Waals surface area contributed by atoms with Crippen LogP contribution >= 0.6 is 0 Å². The molecule has 0 aliphatic carbocycles. The molecule has 0 fully saturated rings. The summed E-state index contributed by atoms with van der Waals surface area (Å²) in [5.41, 5.74) is 6.19. The third kappa shape index (κ3) is 3.23. The van der Waals surface area contributed by atoms with E-state index in [9.17, 15) is 4.79 Å². The lowest BCUT2D eigenvalue weighted by molar-refractivity contribution is 0.0981. The Balaban J connectivity index is 1.30. The van der Waals surface area contributed by atoms with Crippen LogP contribution < -0.4 is 14.5 Å². The average Bonchev–Trinajstić information content (AvgIpc) is 3.41. The molecule has 5 nitrogen and oxygen atoms in total. The van der Waals surface area contributed by atoms with E-state index in [4.69, 9.17) is 9.72 Å². The maximum Gasteiger partial charge on any atom is 0.258 e. The summed E-state index contributed by atoms with van der Waals surface area (Å²) < 4.78 is 5.37. The van der Waals surface area contributed by atoms with Crippen LogP contribution in [-0.2, 0) is 12.8 Å². The number of hydrogen-bond donors (Lipinski definition) is 0. The predicted molar refractivity (Wildman–Crippen MR) is 132 cm³/mol. The molecule has 0 saturated carbocycles. The second kappa shape index (κ2) is 7.62. The van der Waals surface area contributed by atoms with Crippen LogP contribution in [0, 0.1) is 0 Å². The first-order chi connectivity index (χ1) is 16.1. The van der Waals surface area contributed by atoms with Crippen molar-refractivity contribution in [1.82, 2.24) is 4.98 Å². The highest BCUT2D eigenvalue weighted by molar-refractivity contribution is 6.08. The summed E-state index contributed by atoms with van der Waals surface area (Å²) in [6.45, 7) is 2.98. The third-order valence-electron chi connectivity index (χ3n) is 6.79. The summed E-state index contributed by atoms with van der Waals surface area (Å²) >= 11 is 0. The van der Waals surface area contributed by atoms with Crippen LogP contribution in [0.2, 0.25) is 0 Å². The number of hydrogen-bond acceptors (Lipinski definition) is 4. The molecule has 3 heterocycles. The Labute approximate surface area is 193 Å². The molecule has 1 unspecified atom stereocenters. The van der Waals surface area contributed by atoms with Gasteiger partial charge in [-0.05, 0) is 79.4 Å². The van der Waals surface area contributed by atoms with Crippen molar-refractivity contribution in [2.45, 2.75) is 25.8 Å². The van der Waals surface area contributed by atoms with Gasteiger partial charge in [-0.3, -0.25) is 4.79 Å². The van der Waals surface area contributed by atoms with Gasteiger partial charge in [0.05, 0.1) is 12.6 Å². The lowest BCUT2D eigenvalue weighted by Crippen LogP contribution is -2.35. The lowest BCUT2D eigenvalue weighted by atomic mass is 10.1. The van der Waals surface area contributed by atoms with Crippen molar-refractivity contribution >= 4 is 34.0 Å². The SMILES string of the molecule is COc1ccc2cc3c(nc2c1)N(c1ccc(C(=O)N2c4ccccc4CC2C)cc1)CC3. The van der Waals surface area contributed by atoms with Crippen LogP contribution in [0.5, 0.6) is 5.75 Å². The number of amides is 1. The van der Waals surface area contributed by atoms with Crippen molar-refractivity contribution in [3.8, 4) is 5.75 Å². The Morgan fingerprint density at radius 3 is 2.64 bits per heavy atom. The molecule has 0 spiro atoms. The van der Waals surface area contributed by atoms with E-state index in [-0.39, 0.29) is 11.9 Å². The van der Waals surface area contributed by atoms with Crippen molar-refractivity contribution in [3.05, 3.63) is 89.5 Å².